The van der Waals surface area contributed by atoms with E-state index < -0.39 is 0 Å². The first-order chi connectivity index (χ1) is 8.86. The molecule has 0 saturated heterocycles. The molecular formula is C15H20N2OS. The smallest absolute Gasteiger partial charge is 0.119 e. The second kappa shape index (κ2) is 5.31. The first-order valence-electron chi connectivity index (χ1n) is 6.38. The lowest BCUT2D eigenvalue weighted by Crippen LogP contribution is -2.28. The molecule has 1 heterocycles. The summed E-state index contributed by atoms with van der Waals surface area (Å²) in [6.07, 6.45) is 0.190. The molecule has 0 atom stereocenters. The Kier molecular flexibility index (Phi) is 3.92. The first kappa shape index (κ1) is 14.0. The Labute approximate surface area is 118 Å². The van der Waals surface area contributed by atoms with Crippen molar-refractivity contribution < 1.29 is 4.74 Å². The number of benzene rings is 1. The van der Waals surface area contributed by atoms with Crippen molar-refractivity contribution in [2.45, 2.75) is 39.3 Å². The zero-order valence-electron chi connectivity index (χ0n) is 11.8. The predicted octanol–water partition coefficient (Wildman–Crippen LogP) is 3.79. The van der Waals surface area contributed by atoms with Crippen LogP contribution in [0.5, 0.6) is 5.75 Å². The normalized spacial score (nSPS) is 11.9. The van der Waals surface area contributed by atoms with Crippen molar-refractivity contribution in [2.24, 2.45) is 5.73 Å². The topological polar surface area (TPSA) is 48.1 Å². The van der Waals surface area contributed by atoms with E-state index >= 15 is 0 Å². The average molecular weight is 276 g/mol. The second-order valence-corrected chi connectivity index (χ2v) is 6.31. The van der Waals surface area contributed by atoms with Crippen LogP contribution >= 0.6 is 11.3 Å². The molecule has 2 aromatic rings. The molecule has 4 heteroatoms. The van der Waals surface area contributed by atoms with Crippen molar-refractivity contribution in [1.29, 1.82) is 0 Å². The van der Waals surface area contributed by atoms with Crippen molar-refractivity contribution in [3.63, 3.8) is 0 Å². The molecule has 0 bridgehead atoms. The Balaban J connectivity index is 2.20. The summed E-state index contributed by atoms with van der Waals surface area (Å²) in [4.78, 5) is 4.60. The van der Waals surface area contributed by atoms with Crippen molar-refractivity contribution in [2.75, 3.05) is 0 Å². The molecule has 0 aliphatic rings. The summed E-state index contributed by atoms with van der Waals surface area (Å²) in [5.41, 5.74) is 7.72. The molecule has 102 valence electrons. The zero-order valence-corrected chi connectivity index (χ0v) is 12.6. The number of nitrogens with two attached hydrogens (primary N) is 1. The van der Waals surface area contributed by atoms with Crippen molar-refractivity contribution in [3.8, 4) is 17.0 Å². The lowest BCUT2D eigenvalue weighted by Gasteiger charge is -2.14. The first-order valence-corrected chi connectivity index (χ1v) is 7.26. The lowest BCUT2D eigenvalue weighted by atomic mass is 10.1. The van der Waals surface area contributed by atoms with Gasteiger partial charge in [0.15, 0.2) is 0 Å². The van der Waals surface area contributed by atoms with E-state index in [1.807, 2.05) is 57.3 Å². The average Bonchev–Trinajstić information content (AvgIpc) is 2.78. The summed E-state index contributed by atoms with van der Waals surface area (Å²) in [5, 5.41) is 2.99. The number of nitrogens with zero attached hydrogens (tertiary/aromatic N) is 1. The van der Waals surface area contributed by atoms with Gasteiger partial charge in [-0.3, -0.25) is 0 Å². The van der Waals surface area contributed by atoms with Crippen molar-refractivity contribution >= 4 is 11.3 Å². The summed E-state index contributed by atoms with van der Waals surface area (Å²) >= 11 is 1.60. The largest absolute Gasteiger partial charge is 0.491 e. The van der Waals surface area contributed by atoms with Gasteiger partial charge in [-0.05, 0) is 52.0 Å². The van der Waals surface area contributed by atoms with Gasteiger partial charge < -0.3 is 10.5 Å². The molecule has 3 nitrogen and oxygen atoms in total. The highest BCUT2D eigenvalue weighted by molar-refractivity contribution is 7.10. The van der Waals surface area contributed by atoms with Gasteiger partial charge in [-0.1, -0.05) is 0 Å². The molecule has 0 aliphatic carbocycles. The van der Waals surface area contributed by atoms with E-state index in [1.165, 1.54) is 0 Å². The third-order valence-electron chi connectivity index (χ3n) is 2.58. The van der Waals surface area contributed by atoms with E-state index in [-0.39, 0.29) is 11.6 Å². The molecule has 0 aliphatic heterocycles. The van der Waals surface area contributed by atoms with E-state index in [4.69, 9.17) is 10.5 Å². The molecule has 1 aromatic heterocycles. The predicted molar refractivity (Wildman–Crippen MR) is 80.5 cm³/mol. The summed E-state index contributed by atoms with van der Waals surface area (Å²) in [6, 6.07) is 8.00. The molecule has 0 fully saturated rings. The van der Waals surface area contributed by atoms with Crippen LogP contribution < -0.4 is 10.5 Å². The van der Waals surface area contributed by atoms with Gasteiger partial charge in [0, 0.05) is 10.9 Å². The Morgan fingerprint density at radius 2 is 1.84 bits per heavy atom. The maximum absolute atomic E-state index is 6.06. The fraction of sp³-hybridized carbons (Fsp3) is 0.400. The minimum Gasteiger partial charge on any atom is -0.491 e. The van der Waals surface area contributed by atoms with Crippen LogP contribution in [-0.2, 0) is 5.54 Å². The third-order valence-corrected chi connectivity index (χ3v) is 3.76. The zero-order chi connectivity index (χ0) is 14.0. The monoisotopic (exact) mass is 276 g/mol. The maximum atomic E-state index is 6.06. The summed E-state index contributed by atoms with van der Waals surface area (Å²) < 4.78 is 5.63. The van der Waals surface area contributed by atoms with E-state index in [0.29, 0.717) is 0 Å². The van der Waals surface area contributed by atoms with Crippen LogP contribution in [0.2, 0.25) is 0 Å². The number of ether oxygens (including phenoxy) is 1. The molecule has 1 aromatic carbocycles. The van der Waals surface area contributed by atoms with Crippen LogP contribution in [0, 0.1) is 0 Å². The SMILES string of the molecule is CC(C)Oc1ccc(-c2csc(C(C)(C)N)n2)cc1. The number of hydrogen-bond donors (Lipinski definition) is 1. The molecule has 0 radical (unpaired) electrons. The van der Waals surface area contributed by atoms with E-state index in [9.17, 15) is 0 Å². The molecule has 2 rings (SSSR count). The molecule has 0 spiro atoms. The molecule has 19 heavy (non-hydrogen) atoms. The van der Waals surface area contributed by atoms with Crippen molar-refractivity contribution in [1.82, 2.24) is 4.98 Å². The molecular weight excluding hydrogens is 256 g/mol. The van der Waals surface area contributed by atoms with E-state index in [0.717, 1.165) is 22.0 Å². The number of thiazole rings is 1. The van der Waals surface area contributed by atoms with E-state index in [1.54, 1.807) is 11.3 Å². The Morgan fingerprint density at radius 3 is 2.32 bits per heavy atom. The van der Waals surface area contributed by atoms with Gasteiger partial charge in [-0.15, -0.1) is 11.3 Å². The Hall–Kier alpha value is -1.39. The molecule has 0 unspecified atom stereocenters. The quantitative estimate of drug-likeness (QED) is 0.924. The minimum atomic E-state index is -0.385. The highest BCUT2D eigenvalue weighted by Crippen LogP contribution is 2.28. The second-order valence-electron chi connectivity index (χ2n) is 5.45. The van der Waals surface area contributed by atoms with Gasteiger partial charge in [-0.25, -0.2) is 4.98 Å². The fourth-order valence-electron chi connectivity index (χ4n) is 1.68. The summed E-state index contributed by atoms with van der Waals surface area (Å²) in [6.45, 7) is 7.97. The van der Waals surface area contributed by atoms with Gasteiger partial charge in [-0.2, -0.15) is 0 Å². The van der Waals surface area contributed by atoms with Gasteiger partial charge in [0.1, 0.15) is 10.8 Å². The van der Waals surface area contributed by atoms with Crippen LogP contribution in [0.25, 0.3) is 11.3 Å². The van der Waals surface area contributed by atoms with E-state index in [2.05, 4.69) is 4.98 Å². The maximum Gasteiger partial charge on any atom is 0.119 e. The molecule has 0 amide bonds. The Morgan fingerprint density at radius 1 is 1.21 bits per heavy atom. The number of rotatable bonds is 4. The molecule has 2 N–H and O–H groups in total. The Bertz CT molecular complexity index is 538. The van der Waals surface area contributed by atoms with Crippen LogP contribution in [0.15, 0.2) is 29.6 Å². The van der Waals surface area contributed by atoms with Crippen LogP contribution in [0.3, 0.4) is 0 Å². The highest BCUT2D eigenvalue weighted by Gasteiger charge is 2.18. The van der Waals surface area contributed by atoms with Gasteiger partial charge in [0.05, 0.1) is 17.3 Å². The summed E-state index contributed by atoms with van der Waals surface area (Å²) in [7, 11) is 0. The van der Waals surface area contributed by atoms with Crippen LogP contribution in [0.4, 0.5) is 0 Å². The number of aromatic nitrogens is 1. The number of hydrogen-bond acceptors (Lipinski definition) is 4. The lowest BCUT2D eigenvalue weighted by molar-refractivity contribution is 0.242. The summed E-state index contributed by atoms with van der Waals surface area (Å²) in [5.74, 6) is 0.883. The van der Waals surface area contributed by atoms with Crippen molar-refractivity contribution in [3.05, 3.63) is 34.7 Å². The standard InChI is InChI=1S/C15H20N2OS/c1-10(2)18-12-7-5-11(6-8-12)13-9-19-14(17-13)15(3,4)16/h5-10H,16H2,1-4H3. The van der Waals surface area contributed by atoms with Crippen LogP contribution in [0.1, 0.15) is 32.7 Å². The molecule has 0 saturated carbocycles. The third kappa shape index (κ3) is 3.55. The van der Waals surface area contributed by atoms with Gasteiger partial charge in [0.2, 0.25) is 0 Å². The van der Waals surface area contributed by atoms with Crippen LogP contribution in [-0.4, -0.2) is 11.1 Å². The van der Waals surface area contributed by atoms with Gasteiger partial charge >= 0.3 is 0 Å². The van der Waals surface area contributed by atoms with Gasteiger partial charge in [0.25, 0.3) is 0 Å². The highest BCUT2D eigenvalue weighted by atomic mass is 32.1. The fourth-order valence-corrected chi connectivity index (χ4v) is 2.55. The minimum absolute atomic E-state index is 0.190.